The molecule has 0 radical (unpaired) electrons. The van der Waals surface area contributed by atoms with Gasteiger partial charge in [0, 0.05) is 18.2 Å². The van der Waals surface area contributed by atoms with Crippen LogP contribution in [0.5, 0.6) is 11.5 Å². The van der Waals surface area contributed by atoms with Gasteiger partial charge in [0.1, 0.15) is 0 Å². The van der Waals surface area contributed by atoms with Crippen molar-refractivity contribution < 1.29 is 22.7 Å². The van der Waals surface area contributed by atoms with Crippen molar-refractivity contribution in [1.29, 1.82) is 0 Å². The van der Waals surface area contributed by atoms with Crippen LogP contribution in [0.3, 0.4) is 0 Å². The predicted octanol–water partition coefficient (Wildman–Crippen LogP) is 0.616. The fourth-order valence-electron chi connectivity index (χ4n) is 1.92. The molecule has 1 amide bonds. The number of ether oxygens (including phenoxy) is 2. The highest BCUT2D eigenvalue weighted by atomic mass is 32.2. The van der Waals surface area contributed by atoms with Crippen molar-refractivity contribution in [2.75, 3.05) is 26.3 Å². The Balaban J connectivity index is 2.88. The summed E-state index contributed by atoms with van der Waals surface area (Å²) in [6.07, 6.45) is 0. The smallest absolute Gasteiger partial charge is 0.241 e. The fourth-order valence-corrected chi connectivity index (χ4v) is 2.91. The average molecular weight is 373 g/mol. The molecule has 25 heavy (non-hydrogen) atoms. The third-order valence-corrected chi connectivity index (χ3v) is 4.63. The second-order valence-electron chi connectivity index (χ2n) is 5.94. The number of nitrogens with one attached hydrogen (secondary N) is 2. The van der Waals surface area contributed by atoms with Crippen LogP contribution in [0, 0.1) is 0 Å². The maximum Gasteiger partial charge on any atom is 0.241 e. The molecule has 0 aliphatic heterocycles. The second kappa shape index (κ2) is 9.02. The molecular weight excluding hydrogens is 346 g/mol. The lowest BCUT2D eigenvalue weighted by Gasteiger charge is -2.24. The molecule has 0 heterocycles. The summed E-state index contributed by atoms with van der Waals surface area (Å²) in [5.41, 5.74) is 4.93. The van der Waals surface area contributed by atoms with E-state index in [1.54, 1.807) is 20.8 Å². The van der Waals surface area contributed by atoms with E-state index in [4.69, 9.17) is 15.2 Å². The maximum atomic E-state index is 12.4. The first-order chi connectivity index (χ1) is 11.6. The topological polar surface area (TPSA) is 120 Å². The van der Waals surface area contributed by atoms with Crippen LogP contribution in [-0.2, 0) is 14.8 Å². The molecule has 0 atom stereocenters. The van der Waals surface area contributed by atoms with Gasteiger partial charge in [0.25, 0.3) is 0 Å². The fraction of sp³-hybridized carbons (Fsp3) is 0.562. The van der Waals surface area contributed by atoms with E-state index >= 15 is 0 Å². The normalized spacial score (nSPS) is 11.9. The van der Waals surface area contributed by atoms with Gasteiger partial charge in [0.2, 0.25) is 15.9 Å². The van der Waals surface area contributed by atoms with Crippen LogP contribution in [0.15, 0.2) is 23.1 Å². The lowest BCUT2D eigenvalue weighted by atomic mass is 10.1. The number of carbonyl (C=O) groups excluding carboxylic acids is 1. The van der Waals surface area contributed by atoms with Crippen LogP contribution < -0.4 is 25.2 Å². The Morgan fingerprint density at radius 3 is 2.32 bits per heavy atom. The number of nitrogens with two attached hydrogens (primary N) is 1. The molecule has 0 unspecified atom stereocenters. The molecule has 0 aromatic heterocycles. The SMILES string of the molecule is CCOc1ccc(S(=O)(=O)NCC(=O)NC(C)(C)CN)cc1OCC. The van der Waals surface area contributed by atoms with Gasteiger partial charge in [-0.15, -0.1) is 0 Å². The molecule has 8 nitrogen and oxygen atoms in total. The van der Waals surface area contributed by atoms with Gasteiger partial charge in [-0.1, -0.05) is 0 Å². The monoisotopic (exact) mass is 373 g/mol. The maximum absolute atomic E-state index is 12.4. The van der Waals surface area contributed by atoms with Crippen molar-refractivity contribution in [3.05, 3.63) is 18.2 Å². The van der Waals surface area contributed by atoms with Crippen LogP contribution in [0.2, 0.25) is 0 Å². The van der Waals surface area contributed by atoms with Crippen molar-refractivity contribution in [1.82, 2.24) is 10.0 Å². The molecule has 0 saturated carbocycles. The minimum Gasteiger partial charge on any atom is -0.490 e. The largest absolute Gasteiger partial charge is 0.490 e. The molecule has 142 valence electrons. The van der Waals surface area contributed by atoms with E-state index in [1.807, 2.05) is 6.92 Å². The summed E-state index contributed by atoms with van der Waals surface area (Å²) >= 11 is 0. The number of sulfonamides is 1. The standard InChI is InChI=1S/C16H27N3O5S/c1-5-23-13-8-7-12(9-14(13)24-6-2)25(21,22)18-10-15(20)19-16(3,4)11-17/h7-9,18H,5-6,10-11,17H2,1-4H3,(H,19,20). The van der Waals surface area contributed by atoms with Crippen molar-refractivity contribution in [2.24, 2.45) is 5.73 Å². The molecule has 0 aliphatic carbocycles. The van der Waals surface area contributed by atoms with E-state index in [0.29, 0.717) is 24.7 Å². The van der Waals surface area contributed by atoms with E-state index in [2.05, 4.69) is 10.0 Å². The van der Waals surface area contributed by atoms with E-state index in [0.717, 1.165) is 0 Å². The summed E-state index contributed by atoms with van der Waals surface area (Å²) < 4.78 is 37.9. The highest BCUT2D eigenvalue weighted by Crippen LogP contribution is 2.30. The number of hydrogen-bond acceptors (Lipinski definition) is 6. The Bertz CT molecular complexity index is 689. The first-order valence-corrected chi connectivity index (χ1v) is 9.54. The molecular formula is C16H27N3O5S. The van der Waals surface area contributed by atoms with Gasteiger partial charge in [0.05, 0.1) is 24.7 Å². The average Bonchev–Trinajstić information content (AvgIpc) is 2.55. The van der Waals surface area contributed by atoms with Crippen molar-refractivity contribution >= 4 is 15.9 Å². The molecule has 9 heteroatoms. The summed E-state index contributed by atoms with van der Waals surface area (Å²) in [6, 6.07) is 4.30. The summed E-state index contributed by atoms with van der Waals surface area (Å²) in [5, 5.41) is 2.65. The highest BCUT2D eigenvalue weighted by Gasteiger charge is 2.21. The highest BCUT2D eigenvalue weighted by molar-refractivity contribution is 7.89. The zero-order valence-electron chi connectivity index (χ0n) is 15.1. The van der Waals surface area contributed by atoms with E-state index in [1.165, 1.54) is 18.2 Å². The molecule has 0 aliphatic rings. The minimum atomic E-state index is -3.87. The summed E-state index contributed by atoms with van der Waals surface area (Å²) in [7, 11) is -3.87. The molecule has 1 rings (SSSR count). The Kier molecular flexibility index (Phi) is 7.65. The Hall–Kier alpha value is -1.84. The van der Waals surface area contributed by atoms with Gasteiger partial charge in [-0.05, 0) is 39.8 Å². The summed E-state index contributed by atoms with van der Waals surface area (Å²) in [6.45, 7) is 7.77. The summed E-state index contributed by atoms with van der Waals surface area (Å²) in [5.74, 6) is 0.335. The van der Waals surface area contributed by atoms with Crippen LogP contribution in [-0.4, -0.2) is 46.2 Å². The Morgan fingerprint density at radius 2 is 1.76 bits per heavy atom. The van der Waals surface area contributed by atoms with Crippen LogP contribution in [0.1, 0.15) is 27.7 Å². The Morgan fingerprint density at radius 1 is 1.16 bits per heavy atom. The van der Waals surface area contributed by atoms with Crippen molar-refractivity contribution in [3.8, 4) is 11.5 Å². The Labute approximate surface area is 149 Å². The van der Waals surface area contributed by atoms with E-state index < -0.39 is 21.5 Å². The predicted molar refractivity (Wildman–Crippen MR) is 95.2 cm³/mol. The van der Waals surface area contributed by atoms with Crippen LogP contribution >= 0.6 is 0 Å². The van der Waals surface area contributed by atoms with Gasteiger partial charge in [-0.25, -0.2) is 13.1 Å². The molecule has 0 spiro atoms. The van der Waals surface area contributed by atoms with Gasteiger partial charge < -0.3 is 20.5 Å². The zero-order chi connectivity index (χ0) is 19.1. The van der Waals surface area contributed by atoms with Gasteiger partial charge in [-0.2, -0.15) is 0 Å². The van der Waals surface area contributed by atoms with Crippen molar-refractivity contribution in [2.45, 2.75) is 38.1 Å². The lowest BCUT2D eigenvalue weighted by Crippen LogP contribution is -2.51. The number of carbonyl (C=O) groups is 1. The quantitative estimate of drug-likeness (QED) is 0.553. The first-order valence-electron chi connectivity index (χ1n) is 8.05. The molecule has 0 fully saturated rings. The van der Waals surface area contributed by atoms with Gasteiger partial charge in [-0.3, -0.25) is 4.79 Å². The minimum absolute atomic E-state index is 0.00899. The van der Waals surface area contributed by atoms with Crippen LogP contribution in [0.4, 0.5) is 0 Å². The molecule has 1 aromatic carbocycles. The molecule has 1 aromatic rings. The molecule has 0 bridgehead atoms. The molecule has 0 saturated heterocycles. The lowest BCUT2D eigenvalue weighted by molar-refractivity contribution is -0.121. The van der Waals surface area contributed by atoms with E-state index in [-0.39, 0.29) is 18.0 Å². The van der Waals surface area contributed by atoms with Crippen LogP contribution in [0.25, 0.3) is 0 Å². The van der Waals surface area contributed by atoms with Gasteiger partial charge >= 0.3 is 0 Å². The number of hydrogen-bond donors (Lipinski definition) is 3. The van der Waals surface area contributed by atoms with Crippen molar-refractivity contribution in [3.63, 3.8) is 0 Å². The van der Waals surface area contributed by atoms with E-state index in [9.17, 15) is 13.2 Å². The summed E-state index contributed by atoms with van der Waals surface area (Å²) in [4.78, 5) is 11.9. The first kappa shape index (κ1) is 21.2. The zero-order valence-corrected chi connectivity index (χ0v) is 15.9. The number of benzene rings is 1. The third kappa shape index (κ3) is 6.52. The number of amides is 1. The second-order valence-corrected chi connectivity index (χ2v) is 7.70. The number of rotatable bonds is 10. The third-order valence-electron chi connectivity index (χ3n) is 3.24. The van der Waals surface area contributed by atoms with Gasteiger partial charge in [0.15, 0.2) is 11.5 Å². The molecule has 4 N–H and O–H groups in total.